The van der Waals surface area contributed by atoms with E-state index >= 15 is 0 Å². The molecule has 0 aromatic heterocycles. The van der Waals surface area contributed by atoms with Crippen molar-refractivity contribution < 1.29 is 4.39 Å². The van der Waals surface area contributed by atoms with Crippen molar-refractivity contribution in [2.75, 3.05) is 0 Å². The zero-order chi connectivity index (χ0) is 34.4. The molecule has 0 aliphatic rings. The fourth-order valence-electron chi connectivity index (χ4n) is 5.96. The summed E-state index contributed by atoms with van der Waals surface area (Å²) >= 11 is 11.7. The Morgan fingerprint density at radius 3 is 0.980 bits per heavy atom. The first-order chi connectivity index (χ1) is 23.9. The lowest BCUT2D eigenvalue weighted by molar-refractivity contribution is 0.625. The molecule has 3 heteroatoms. The van der Waals surface area contributed by atoms with Gasteiger partial charge in [0.25, 0.3) is 0 Å². The van der Waals surface area contributed by atoms with E-state index in [4.69, 9.17) is 23.2 Å². The van der Waals surface area contributed by atoms with E-state index in [1.807, 2.05) is 18.2 Å². The highest BCUT2D eigenvalue weighted by atomic mass is 35.5. The van der Waals surface area contributed by atoms with Gasteiger partial charge in [0.1, 0.15) is 5.82 Å². The third-order valence-electron chi connectivity index (χ3n) is 8.86. The highest BCUT2D eigenvalue weighted by molar-refractivity contribution is 6.30. The molecule has 6 rings (SSSR count). The molecule has 0 fully saturated rings. The van der Waals surface area contributed by atoms with Crippen molar-refractivity contribution in [1.29, 1.82) is 0 Å². The summed E-state index contributed by atoms with van der Waals surface area (Å²) in [6.45, 7) is 4.42. The van der Waals surface area contributed by atoms with E-state index in [0.717, 1.165) is 49.1 Å². The largest absolute Gasteiger partial charge is 0.205 e. The average Bonchev–Trinajstić information content (AvgIpc) is 3.14. The van der Waals surface area contributed by atoms with Crippen molar-refractivity contribution >= 4 is 23.2 Å². The minimum Gasteiger partial charge on any atom is -0.205 e. The molecule has 0 heterocycles. The average molecular weight is 688 g/mol. The van der Waals surface area contributed by atoms with Crippen LogP contribution in [0.4, 0.5) is 4.39 Å². The Morgan fingerprint density at radius 2 is 0.653 bits per heavy atom. The van der Waals surface area contributed by atoms with Crippen LogP contribution in [-0.2, 0) is 38.5 Å². The van der Waals surface area contributed by atoms with Crippen molar-refractivity contribution in [3.8, 4) is 22.3 Å². The first kappa shape index (κ1) is 36.1. The van der Waals surface area contributed by atoms with E-state index in [1.165, 1.54) is 69.0 Å². The molecule has 0 aliphatic carbocycles. The lowest BCUT2D eigenvalue weighted by Crippen LogP contribution is -1.92. The summed E-state index contributed by atoms with van der Waals surface area (Å²) in [7, 11) is 0. The Morgan fingerprint density at radius 1 is 0.367 bits per heavy atom. The maximum absolute atomic E-state index is 13.5. The normalized spacial score (nSPS) is 10.8. The molecular weight excluding hydrogens is 642 g/mol. The first-order valence-corrected chi connectivity index (χ1v) is 18.2. The molecule has 6 aromatic rings. The van der Waals surface area contributed by atoms with Crippen LogP contribution in [-0.4, -0.2) is 0 Å². The Kier molecular flexibility index (Phi) is 13.7. The highest BCUT2D eigenvalue weighted by Gasteiger charge is 2.04. The van der Waals surface area contributed by atoms with Crippen LogP contribution in [0.3, 0.4) is 0 Å². The minimum atomic E-state index is -0.346. The topological polar surface area (TPSA) is 0 Å². The van der Waals surface area contributed by atoms with Crippen molar-refractivity contribution in [2.45, 2.75) is 65.2 Å². The van der Waals surface area contributed by atoms with Gasteiger partial charge in [-0.2, -0.15) is 0 Å². The van der Waals surface area contributed by atoms with E-state index < -0.39 is 0 Å². The van der Waals surface area contributed by atoms with E-state index in [9.17, 15) is 4.39 Å². The SMILES string of the molecule is CCCc1ccc(-c2ccc(CCc3ccc(Cl)c(F)c3)cc2)cc1.CCCc1ccc(-c2ccc(CCc3ccc(Cl)cc3)cc2)cc1. The zero-order valence-electron chi connectivity index (χ0n) is 28.6. The summed E-state index contributed by atoms with van der Waals surface area (Å²) in [4.78, 5) is 0. The number of rotatable bonds is 12. The van der Waals surface area contributed by atoms with E-state index in [1.54, 1.807) is 6.07 Å². The Hall–Kier alpha value is -4.17. The number of benzene rings is 6. The third-order valence-corrected chi connectivity index (χ3v) is 9.42. The van der Waals surface area contributed by atoms with E-state index in [2.05, 4.69) is 123 Å². The summed E-state index contributed by atoms with van der Waals surface area (Å²) in [6.07, 6.45) is 8.44. The van der Waals surface area contributed by atoms with Crippen LogP contribution in [0, 0.1) is 5.82 Å². The van der Waals surface area contributed by atoms with Crippen LogP contribution in [0.25, 0.3) is 22.3 Å². The van der Waals surface area contributed by atoms with Gasteiger partial charge in [-0.15, -0.1) is 0 Å². The predicted molar refractivity (Wildman–Crippen MR) is 209 cm³/mol. The number of halogens is 3. The fourth-order valence-corrected chi connectivity index (χ4v) is 6.20. The van der Waals surface area contributed by atoms with Gasteiger partial charge in [-0.1, -0.05) is 165 Å². The molecule has 0 nitrogen and oxygen atoms in total. The van der Waals surface area contributed by atoms with Crippen molar-refractivity contribution in [1.82, 2.24) is 0 Å². The van der Waals surface area contributed by atoms with Crippen LogP contribution in [0.1, 0.15) is 60.1 Å². The molecular formula is C46H45Cl2F. The van der Waals surface area contributed by atoms with Crippen LogP contribution < -0.4 is 0 Å². The predicted octanol–water partition coefficient (Wildman–Crippen LogP) is 13.6. The Labute approximate surface area is 302 Å². The Bertz CT molecular complexity index is 1860. The molecule has 0 unspecified atom stereocenters. The molecule has 0 bridgehead atoms. The van der Waals surface area contributed by atoms with Gasteiger partial charge in [-0.3, -0.25) is 0 Å². The monoisotopic (exact) mass is 686 g/mol. The summed E-state index contributed by atoms with van der Waals surface area (Å²) in [5.74, 6) is -0.346. The highest BCUT2D eigenvalue weighted by Crippen LogP contribution is 2.24. The van der Waals surface area contributed by atoms with Crippen molar-refractivity contribution in [2.24, 2.45) is 0 Å². The maximum atomic E-state index is 13.5. The minimum absolute atomic E-state index is 0.179. The van der Waals surface area contributed by atoms with E-state index in [0.29, 0.717) is 0 Å². The van der Waals surface area contributed by atoms with E-state index in [-0.39, 0.29) is 10.8 Å². The van der Waals surface area contributed by atoms with Crippen LogP contribution >= 0.6 is 23.2 Å². The van der Waals surface area contributed by atoms with Gasteiger partial charge in [-0.05, 0) is 118 Å². The van der Waals surface area contributed by atoms with Crippen LogP contribution in [0.15, 0.2) is 140 Å². The van der Waals surface area contributed by atoms with Gasteiger partial charge in [0, 0.05) is 5.02 Å². The van der Waals surface area contributed by atoms with Gasteiger partial charge in [0.15, 0.2) is 0 Å². The number of hydrogen-bond acceptors (Lipinski definition) is 0. The van der Waals surface area contributed by atoms with Gasteiger partial charge in [0.05, 0.1) is 5.02 Å². The zero-order valence-corrected chi connectivity index (χ0v) is 30.1. The third kappa shape index (κ3) is 11.2. The molecule has 0 aliphatic heterocycles. The fraction of sp³-hybridized carbons (Fsp3) is 0.217. The summed E-state index contributed by atoms with van der Waals surface area (Å²) in [5, 5.41) is 0.978. The molecule has 49 heavy (non-hydrogen) atoms. The molecule has 250 valence electrons. The lowest BCUT2D eigenvalue weighted by atomic mass is 9.99. The first-order valence-electron chi connectivity index (χ1n) is 17.4. The number of aryl methyl sites for hydroxylation is 6. The second-order valence-electron chi connectivity index (χ2n) is 12.7. The van der Waals surface area contributed by atoms with Crippen molar-refractivity contribution in [3.05, 3.63) is 189 Å². The van der Waals surface area contributed by atoms with Crippen LogP contribution in [0.5, 0.6) is 0 Å². The lowest BCUT2D eigenvalue weighted by Gasteiger charge is -2.07. The van der Waals surface area contributed by atoms with Gasteiger partial charge >= 0.3 is 0 Å². The summed E-state index contributed by atoms with van der Waals surface area (Å²) in [6, 6.07) is 48.5. The molecule has 0 amide bonds. The standard InChI is InChI=1S/C23H22ClF.C23H23Cl/c1-2-3-17-6-11-20(12-7-17)21-13-8-18(9-14-21)4-5-19-10-15-22(24)23(25)16-19;1-2-3-18-6-12-21(13-7-18)22-14-8-19(9-15-22)4-5-20-10-16-23(24)17-11-20/h6-16H,2-5H2,1H3;6-17H,2-5H2,1H3. The molecule has 0 N–H and O–H groups in total. The molecule has 0 radical (unpaired) electrons. The maximum Gasteiger partial charge on any atom is 0.142 e. The smallest absolute Gasteiger partial charge is 0.142 e. The molecule has 0 saturated heterocycles. The van der Waals surface area contributed by atoms with Crippen molar-refractivity contribution in [3.63, 3.8) is 0 Å². The number of hydrogen-bond donors (Lipinski definition) is 0. The summed E-state index contributed by atoms with van der Waals surface area (Å²) < 4.78 is 13.5. The quantitative estimate of drug-likeness (QED) is 0.120. The van der Waals surface area contributed by atoms with Crippen LogP contribution in [0.2, 0.25) is 10.0 Å². The Balaban J connectivity index is 0.000000191. The van der Waals surface area contributed by atoms with Gasteiger partial charge < -0.3 is 0 Å². The van der Waals surface area contributed by atoms with Gasteiger partial charge in [0.2, 0.25) is 0 Å². The molecule has 0 atom stereocenters. The molecule has 6 aromatic carbocycles. The second kappa shape index (κ2) is 18.6. The molecule has 0 spiro atoms. The molecule has 0 saturated carbocycles. The summed E-state index contributed by atoms with van der Waals surface area (Å²) in [5.41, 5.74) is 12.8. The second-order valence-corrected chi connectivity index (χ2v) is 13.5. The van der Waals surface area contributed by atoms with Gasteiger partial charge in [-0.25, -0.2) is 4.39 Å².